The normalized spacial score (nSPS) is 18.7. The lowest BCUT2D eigenvalue weighted by Crippen LogP contribution is -2.59. The van der Waals surface area contributed by atoms with Crippen LogP contribution in [0.4, 0.5) is 0 Å². The van der Waals surface area contributed by atoms with E-state index in [1.807, 2.05) is 39.4 Å². The van der Waals surface area contributed by atoms with Crippen LogP contribution in [0.1, 0.15) is 37.2 Å². The molecule has 6 nitrogen and oxygen atoms in total. The van der Waals surface area contributed by atoms with Gasteiger partial charge in [0.2, 0.25) is 11.8 Å². The van der Waals surface area contributed by atoms with Crippen molar-refractivity contribution in [2.24, 2.45) is 13.0 Å². The highest BCUT2D eigenvalue weighted by Gasteiger charge is 2.34. The summed E-state index contributed by atoms with van der Waals surface area (Å²) in [5.74, 6) is 0.130. The Labute approximate surface area is 131 Å². The topological polar surface area (TPSA) is 67.2 Å². The Balaban J connectivity index is 2.06. The van der Waals surface area contributed by atoms with E-state index in [2.05, 4.69) is 10.4 Å². The first-order valence-corrected chi connectivity index (χ1v) is 7.89. The van der Waals surface area contributed by atoms with Gasteiger partial charge in [-0.2, -0.15) is 5.10 Å². The van der Waals surface area contributed by atoms with E-state index in [1.54, 1.807) is 4.90 Å². The van der Waals surface area contributed by atoms with E-state index < -0.39 is 0 Å². The Kier molecular flexibility index (Phi) is 4.88. The van der Waals surface area contributed by atoms with Crippen LogP contribution in [0.2, 0.25) is 0 Å². The fourth-order valence-electron chi connectivity index (χ4n) is 3.18. The molecule has 1 fully saturated rings. The van der Waals surface area contributed by atoms with Crippen LogP contribution >= 0.6 is 0 Å². The van der Waals surface area contributed by atoms with E-state index in [0.29, 0.717) is 25.9 Å². The minimum atomic E-state index is -0.350. The third kappa shape index (κ3) is 3.15. The second-order valence-corrected chi connectivity index (χ2v) is 6.34. The van der Waals surface area contributed by atoms with E-state index in [0.717, 1.165) is 17.0 Å². The Bertz CT molecular complexity index is 577. The van der Waals surface area contributed by atoms with Gasteiger partial charge in [0.15, 0.2) is 0 Å². The standard InChI is InChI=1S/C16H26N4O2/c1-10(2)15-16(22)17-8-9-20(15)14(21)7-6-13-11(3)18-19(5)12(13)4/h10,15H,6-9H2,1-5H3,(H,17,22)/t15-/m1/s1. The third-order valence-corrected chi connectivity index (χ3v) is 4.46. The number of piperazine rings is 1. The maximum atomic E-state index is 12.6. The monoisotopic (exact) mass is 306 g/mol. The van der Waals surface area contributed by atoms with E-state index in [4.69, 9.17) is 0 Å². The lowest BCUT2D eigenvalue weighted by molar-refractivity contribution is -0.145. The van der Waals surface area contributed by atoms with E-state index in [1.165, 1.54) is 0 Å². The average molecular weight is 306 g/mol. The van der Waals surface area contributed by atoms with Gasteiger partial charge in [0.1, 0.15) is 6.04 Å². The van der Waals surface area contributed by atoms with Crippen molar-refractivity contribution in [2.45, 2.75) is 46.6 Å². The zero-order valence-corrected chi connectivity index (χ0v) is 14.1. The number of hydrogen-bond donors (Lipinski definition) is 1. The number of nitrogens with one attached hydrogen (secondary N) is 1. The number of aromatic nitrogens is 2. The second-order valence-electron chi connectivity index (χ2n) is 6.34. The van der Waals surface area contributed by atoms with Crippen LogP contribution in [0.15, 0.2) is 0 Å². The van der Waals surface area contributed by atoms with Gasteiger partial charge in [0.25, 0.3) is 0 Å². The SMILES string of the molecule is Cc1nn(C)c(C)c1CCC(=O)N1CCNC(=O)[C@H]1C(C)C. The van der Waals surface area contributed by atoms with Crippen LogP contribution in [0.5, 0.6) is 0 Å². The smallest absolute Gasteiger partial charge is 0.243 e. The molecule has 0 radical (unpaired) electrons. The molecule has 1 aliphatic rings. The molecule has 1 N–H and O–H groups in total. The van der Waals surface area contributed by atoms with Gasteiger partial charge in [-0.15, -0.1) is 0 Å². The van der Waals surface area contributed by atoms with Crippen LogP contribution in [0.25, 0.3) is 0 Å². The summed E-state index contributed by atoms with van der Waals surface area (Å²) in [5.41, 5.74) is 3.21. The lowest BCUT2D eigenvalue weighted by atomic mass is 9.98. The van der Waals surface area contributed by atoms with Crippen molar-refractivity contribution in [2.75, 3.05) is 13.1 Å². The maximum absolute atomic E-state index is 12.6. The van der Waals surface area contributed by atoms with Crippen molar-refractivity contribution in [3.8, 4) is 0 Å². The van der Waals surface area contributed by atoms with Gasteiger partial charge < -0.3 is 10.2 Å². The van der Waals surface area contributed by atoms with Gasteiger partial charge in [-0.3, -0.25) is 14.3 Å². The molecule has 1 aromatic rings. The summed E-state index contributed by atoms with van der Waals surface area (Å²) in [6, 6.07) is -0.350. The Morgan fingerprint density at radius 2 is 2.09 bits per heavy atom. The zero-order valence-electron chi connectivity index (χ0n) is 14.1. The van der Waals surface area contributed by atoms with Crippen LogP contribution in [0.3, 0.4) is 0 Å². The number of rotatable bonds is 4. The molecule has 1 aliphatic heterocycles. The van der Waals surface area contributed by atoms with Gasteiger partial charge in [0.05, 0.1) is 5.69 Å². The van der Waals surface area contributed by atoms with E-state index in [-0.39, 0.29) is 23.8 Å². The predicted octanol–water partition coefficient (Wildman–Crippen LogP) is 0.953. The number of hydrogen-bond acceptors (Lipinski definition) is 3. The molecule has 122 valence electrons. The van der Waals surface area contributed by atoms with E-state index >= 15 is 0 Å². The van der Waals surface area contributed by atoms with Crippen LogP contribution in [0, 0.1) is 19.8 Å². The summed E-state index contributed by atoms with van der Waals surface area (Å²) in [6.45, 7) is 9.08. The molecular weight excluding hydrogens is 280 g/mol. The summed E-state index contributed by atoms with van der Waals surface area (Å²) in [5, 5.41) is 7.23. The molecule has 1 aromatic heterocycles. The van der Waals surface area contributed by atoms with Crippen molar-refractivity contribution < 1.29 is 9.59 Å². The highest BCUT2D eigenvalue weighted by atomic mass is 16.2. The number of carbonyl (C=O) groups excluding carboxylic acids is 2. The van der Waals surface area contributed by atoms with Crippen molar-refractivity contribution >= 4 is 11.8 Å². The number of amides is 2. The van der Waals surface area contributed by atoms with Gasteiger partial charge >= 0.3 is 0 Å². The first kappa shape index (κ1) is 16.5. The van der Waals surface area contributed by atoms with Crippen LogP contribution in [-0.2, 0) is 23.1 Å². The molecule has 0 bridgehead atoms. The fourth-order valence-corrected chi connectivity index (χ4v) is 3.18. The van der Waals surface area contributed by atoms with Crippen LogP contribution in [-0.4, -0.2) is 45.6 Å². The molecule has 2 heterocycles. The lowest BCUT2D eigenvalue weighted by Gasteiger charge is -2.37. The number of carbonyl (C=O) groups is 2. The minimum Gasteiger partial charge on any atom is -0.353 e. The van der Waals surface area contributed by atoms with Crippen molar-refractivity contribution in [1.82, 2.24) is 20.0 Å². The molecule has 2 rings (SSSR count). The number of nitrogens with zero attached hydrogens (tertiary/aromatic N) is 3. The average Bonchev–Trinajstić information content (AvgIpc) is 2.69. The van der Waals surface area contributed by atoms with Gasteiger partial charge in [0, 0.05) is 32.3 Å². The number of aryl methyl sites for hydroxylation is 2. The second kappa shape index (κ2) is 6.50. The molecule has 0 unspecified atom stereocenters. The van der Waals surface area contributed by atoms with Gasteiger partial charge in [-0.25, -0.2) is 0 Å². The highest BCUT2D eigenvalue weighted by molar-refractivity contribution is 5.89. The Hall–Kier alpha value is -1.85. The third-order valence-electron chi connectivity index (χ3n) is 4.46. The summed E-state index contributed by atoms with van der Waals surface area (Å²) < 4.78 is 1.85. The van der Waals surface area contributed by atoms with Crippen molar-refractivity contribution in [3.05, 3.63) is 17.0 Å². The summed E-state index contributed by atoms with van der Waals surface area (Å²) in [7, 11) is 1.91. The predicted molar refractivity (Wildman–Crippen MR) is 84.4 cm³/mol. The molecule has 2 amide bonds. The molecule has 0 aliphatic carbocycles. The molecule has 0 spiro atoms. The summed E-state index contributed by atoms with van der Waals surface area (Å²) >= 11 is 0. The van der Waals surface area contributed by atoms with Crippen molar-refractivity contribution in [3.63, 3.8) is 0 Å². The molecule has 1 atom stereocenters. The molecule has 0 saturated carbocycles. The summed E-state index contributed by atoms with van der Waals surface area (Å²) in [6.07, 6.45) is 1.09. The van der Waals surface area contributed by atoms with Gasteiger partial charge in [-0.1, -0.05) is 13.8 Å². The first-order chi connectivity index (χ1) is 10.3. The molecular formula is C16H26N4O2. The molecule has 22 heavy (non-hydrogen) atoms. The van der Waals surface area contributed by atoms with Crippen molar-refractivity contribution in [1.29, 1.82) is 0 Å². The zero-order chi connectivity index (χ0) is 16.4. The Morgan fingerprint density at radius 3 is 2.64 bits per heavy atom. The first-order valence-electron chi connectivity index (χ1n) is 7.89. The van der Waals surface area contributed by atoms with E-state index in [9.17, 15) is 9.59 Å². The van der Waals surface area contributed by atoms with Gasteiger partial charge in [-0.05, 0) is 31.7 Å². The molecule has 1 saturated heterocycles. The summed E-state index contributed by atoms with van der Waals surface area (Å²) in [4.78, 5) is 26.3. The quantitative estimate of drug-likeness (QED) is 0.900. The fraction of sp³-hybridized carbons (Fsp3) is 0.688. The minimum absolute atomic E-state index is 0.0386. The van der Waals surface area contributed by atoms with Crippen LogP contribution < -0.4 is 5.32 Å². The Morgan fingerprint density at radius 1 is 1.41 bits per heavy atom. The molecule has 0 aromatic carbocycles. The largest absolute Gasteiger partial charge is 0.353 e. The molecule has 6 heteroatoms. The maximum Gasteiger partial charge on any atom is 0.243 e. The highest BCUT2D eigenvalue weighted by Crippen LogP contribution is 2.18.